The summed E-state index contributed by atoms with van der Waals surface area (Å²) in [5, 5.41) is 9.98. The lowest BCUT2D eigenvalue weighted by Crippen LogP contribution is -2.34. The van der Waals surface area contributed by atoms with E-state index in [9.17, 15) is 9.90 Å². The van der Waals surface area contributed by atoms with Crippen molar-refractivity contribution in [3.63, 3.8) is 0 Å². The van der Waals surface area contributed by atoms with Crippen LogP contribution in [0.5, 0.6) is 0 Å². The number of nitrogens with zero attached hydrogens (tertiary/aromatic N) is 1. The van der Waals surface area contributed by atoms with Gasteiger partial charge in [-0.1, -0.05) is 77.3 Å². The number of aliphatic hydroxyl groups is 1. The minimum absolute atomic E-state index is 0.0185. The first-order valence-electron chi connectivity index (χ1n) is 10.8. The highest BCUT2D eigenvalue weighted by molar-refractivity contribution is 6.34. The highest BCUT2D eigenvalue weighted by Gasteiger charge is 2.38. The molecule has 27 heavy (non-hydrogen) atoms. The van der Waals surface area contributed by atoms with Gasteiger partial charge in [-0.15, -0.1) is 11.6 Å². The van der Waals surface area contributed by atoms with Crippen molar-refractivity contribution in [1.29, 1.82) is 0 Å². The van der Waals surface area contributed by atoms with Crippen molar-refractivity contribution in [2.75, 3.05) is 4.90 Å². The Labute approximate surface area is 170 Å². The molecular formula is C23H36ClNO2. The highest BCUT2D eigenvalue weighted by atomic mass is 35.5. The summed E-state index contributed by atoms with van der Waals surface area (Å²) in [5.41, 5.74) is 1.84. The number of anilines is 1. The average Bonchev–Trinajstić information content (AvgIpc) is 2.96. The van der Waals surface area contributed by atoms with E-state index in [-0.39, 0.29) is 11.9 Å². The van der Waals surface area contributed by atoms with E-state index in [4.69, 9.17) is 11.6 Å². The summed E-state index contributed by atoms with van der Waals surface area (Å²) >= 11 is 6.28. The summed E-state index contributed by atoms with van der Waals surface area (Å²) in [4.78, 5) is 14.5. The number of halogens is 1. The third-order valence-corrected chi connectivity index (χ3v) is 5.99. The Kier molecular flexibility index (Phi) is 9.64. The number of carbonyl (C=O) groups excluding carboxylic acids is 1. The van der Waals surface area contributed by atoms with Crippen LogP contribution in [0.1, 0.15) is 96.1 Å². The monoisotopic (exact) mass is 393 g/mol. The average molecular weight is 394 g/mol. The molecule has 0 bridgehead atoms. The molecule has 1 heterocycles. The lowest BCUT2D eigenvalue weighted by Gasteiger charge is -2.25. The van der Waals surface area contributed by atoms with Gasteiger partial charge in [0.15, 0.2) is 0 Å². The zero-order chi connectivity index (χ0) is 19.6. The Bertz CT molecular complexity index is 560. The van der Waals surface area contributed by atoms with Crippen molar-refractivity contribution in [2.45, 2.75) is 102 Å². The summed E-state index contributed by atoms with van der Waals surface area (Å²) in [6.07, 6.45) is 11.6. The van der Waals surface area contributed by atoms with Gasteiger partial charge in [-0.25, -0.2) is 0 Å². The number of alkyl halides is 1. The topological polar surface area (TPSA) is 40.5 Å². The first-order chi connectivity index (χ1) is 13.1. The van der Waals surface area contributed by atoms with Crippen LogP contribution in [0.25, 0.3) is 0 Å². The summed E-state index contributed by atoms with van der Waals surface area (Å²) in [6, 6.07) is 8.06. The molecule has 0 spiro atoms. The first kappa shape index (κ1) is 22.2. The van der Waals surface area contributed by atoms with Crippen molar-refractivity contribution in [3.8, 4) is 0 Å². The molecule has 1 amide bonds. The zero-order valence-corrected chi connectivity index (χ0v) is 17.8. The summed E-state index contributed by atoms with van der Waals surface area (Å²) in [6.45, 7) is 4.40. The van der Waals surface area contributed by atoms with E-state index in [1.807, 2.05) is 29.2 Å². The molecule has 0 aromatic heterocycles. The standard InChI is InChI=1S/C23H36ClNO2/c1-3-5-7-9-11-20-17-21(24)23(27)25(20)19-15-13-18(14-16-19)22(26)12-10-8-6-4-2/h13-16,20-22,26H,3-12,17H2,1-2H3. The van der Waals surface area contributed by atoms with Gasteiger partial charge in [-0.05, 0) is 37.0 Å². The minimum atomic E-state index is -0.421. The van der Waals surface area contributed by atoms with Crippen molar-refractivity contribution in [1.82, 2.24) is 0 Å². The SMILES string of the molecule is CCCCCCC(O)c1ccc(N2C(=O)C(Cl)CC2CCCCCC)cc1. The zero-order valence-electron chi connectivity index (χ0n) is 17.0. The van der Waals surface area contributed by atoms with E-state index in [0.29, 0.717) is 0 Å². The van der Waals surface area contributed by atoms with E-state index < -0.39 is 11.5 Å². The molecule has 2 rings (SSSR count). The van der Waals surface area contributed by atoms with Crippen LogP contribution >= 0.6 is 11.6 Å². The van der Waals surface area contributed by atoms with E-state index in [1.165, 1.54) is 38.5 Å². The molecule has 152 valence electrons. The Hall–Kier alpha value is -1.06. The van der Waals surface area contributed by atoms with E-state index in [0.717, 1.165) is 43.4 Å². The molecule has 3 atom stereocenters. The fourth-order valence-corrected chi connectivity index (χ4v) is 4.27. The Morgan fingerprint density at radius 3 is 2.30 bits per heavy atom. The minimum Gasteiger partial charge on any atom is -0.388 e. The maximum absolute atomic E-state index is 12.6. The smallest absolute Gasteiger partial charge is 0.245 e. The highest BCUT2D eigenvalue weighted by Crippen LogP contribution is 2.33. The fourth-order valence-electron chi connectivity index (χ4n) is 3.96. The van der Waals surface area contributed by atoms with Gasteiger partial charge in [0.2, 0.25) is 5.91 Å². The van der Waals surface area contributed by atoms with Gasteiger partial charge in [0, 0.05) is 11.7 Å². The lowest BCUT2D eigenvalue weighted by molar-refractivity contribution is -0.116. The van der Waals surface area contributed by atoms with E-state index in [2.05, 4.69) is 13.8 Å². The largest absolute Gasteiger partial charge is 0.388 e. The Balaban J connectivity index is 1.96. The van der Waals surface area contributed by atoms with Crippen LogP contribution < -0.4 is 4.90 Å². The molecule has 1 aromatic carbocycles. The maximum Gasteiger partial charge on any atom is 0.245 e. The van der Waals surface area contributed by atoms with Crippen LogP contribution in [0, 0.1) is 0 Å². The molecule has 0 radical (unpaired) electrons. The van der Waals surface area contributed by atoms with E-state index >= 15 is 0 Å². The van der Waals surface area contributed by atoms with Crippen molar-refractivity contribution in [2.24, 2.45) is 0 Å². The molecular weight excluding hydrogens is 358 g/mol. The second kappa shape index (κ2) is 11.7. The lowest BCUT2D eigenvalue weighted by atomic mass is 10.0. The van der Waals surface area contributed by atoms with Gasteiger partial charge < -0.3 is 10.0 Å². The van der Waals surface area contributed by atoms with Crippen LogP contribution in [-0.4, -0.2) is 22.4 Å². The maximum atomic E-state index is 12.6. The quantitative estimate of drug-likeness (QED) is 0.331. The van der Waals surface area contributed by atoms with Crippen LogP contribution in [0.3, 0.4) is 0 Å². The molecule has 1 aromatic rings. The predicted molar refractivity (Wildman–Crippen MR) is 114 cm³/mol. The molecule has 4 heteroatoms. The van der Waals surface area contributed by atoms with Crippen molar-refractivity contribution in [3.05, 3.63) is 29.8 Å². The van der Waals surface area contributed by atoms with Gasteiger partial charge in [0.1, 0.15) is 5.38 Å². The van der Waals surface area contributed by atoms with Gasteiger partial charge in [0.25, 0.3) is 0 Å². The number of rotatable bonds is 12. The molecule has 3 unspecified atom stereocenters. The number of aliphatic hydroxyl groups excluding tert-OH is 1. The fraction of sp³-hybridized carbons (Fsp3) is 0.696. The number of hydrogen-bond donors (Lipinski definition) is 1. The van der Waals surface area contributed by atoms with Crippen LogP contribution in [0.2, 0.25) is 0 Å². The van der Waals surface area contributed by atoms with Gasteiger partial charge in [-0.3, -0.25) is 4.79 Å². The molecule has 3 nitrogen and oxygen atoms in total. The molecule has 1 aliphatic rings. The number of unbranched alkanes of at least 4 members (excludes halogenated alkanes) is 6. The number of carbonyl (C=O) groups is 1. The number of hydrogen-bond acceptors (Lipinski definition) is 2. The summed E-state index contributed by atoms with van der Waals surface area (Å²) < 4.78 is 0. The van der Waals surface area contributed by atoms with Crippen molar-refractivity contribution >= 4 is 23.2 Å². The second-order valence-electron chi connectivity index (χ2n) is 7.87. The van der Waals surface area contributed by atoms with Gasteiger partial charge in [-0.2, -0.15) is 0 Å². The third kappa shape index (κ3) is 6.50. The number of amides is 1. The van der Waals surface area contributed by atoms with Crippen LogP contribution in [0.4, 0.5) is 5.69 Å². The van der Waals surface area contributed by atoms with Crippen LogP contribution in [-0.2, 0) is 4.79 Å². The van der Waals surface area contributed by atoms with Gasteiger partial charge in [0.05, 0.1) is 6.10 Å². The Morgan fingerprint density at radius 2 is 1.67 bits per heavy atom. The molecule has 0 saturated carbocycles. The molecule has 1 fully saturated rings. The molecule has 1 aliphatic heterocycles. The van der Waals surface area contributed by atoms with Crippen molar-refractivity contribution < 1.29 is 9.90 Å². The second-order valence-corrected chi connectivity index (χ2v) is 8.40. The molecule has 1 saturated heterocycles. The Morgan fingerprint density at radius 1 is 1.04 bits per heavy atom. The third-order valence-electron chi connectivity index (χ3n) is 5.63. The molecule has 1 N–H and O–H groups in total. The summed E-state index contributed by atoms with van der Waals surface area (Å²) in [7, 11) is 0. The molecule has 0 aliphatic carbocycles. The van der Waals surface area contributed by atoms with Gasteiger partial charge >= 0.3 is 0 Å². The normalized spacial score (nSPS) is 21.0. The first-order valence-corrected chi connectivity index (χ1v) is 11.3. The predicted octanol–water partition coefficient (Wildman–Crippen LogP) is 6.37. The number of benzene rings is 1. The summed E-state index contributed by atoms with van der Waals surface area (Å²) in [5.74, 6) is 0.0185. The van der Waals surface area contributed by atoms with E-state index in [1.54, 1.807) is 0 Å². The van der Waals surface area contributed by atoms with Crippen LogP contribution in [0.15, 0.2) is 24.3 Å².